The lowest BCUT2D eigenvalue weighted by molar-refractivity contribution is -0.160. The van der Waals surface area contributed by atoms with Gasteiger partial charge in [-0.3, -0.25) is 0 Å². The SMILES string of the molecule is Cc1nsc(N2CC3(CCO3)C2)n1. The highest BCUT2D eigenvalue weighted by Crippen LogP contribution is 2.38. The maximum atomic E-state index is 5.53. The fourth-order valence-electron chi connectivity index (χ4n) is 1.84. The molecule has 1 aromatic heterocycles. The van der Waals surface area contributed by atoms with Crippen molar-refractivity contribution in [3.8, 4) is 0 Å². The van der Waals surface area contributed by atoms with Crippen molar-refractivity contribution in [1.82, 2.24) is 9.36 Å². The van der Waals surface area contributed by atoms with E-state index in [1.165, 1.54) is 18.0 Å². The van der Waals surface area contributed by atoms with Gasteiger partial charge in [0.05, 0.1) is 19.7 Å². The van der Waals surface area contributed by atoms with Crippen LogP contribution in [0.5, 0.6) is 0 Å². The molecule has 1 spiro atoms. The van der Waals surface area contributed by atoms with Crippen LogP contribution in [0.25, 0.3) is 0 Å². The molecule has 70 valence electrons. The van der Waals surface area contributed by atoms with Gasteiger partial charge in [0.1, 0.15) is 11.4 Å². The first-order valence-corrected chi connectivity index (χ1v) is 5.24. The second kappa shape index (κ2) is 2.42. The molecule has 0 bridgehead atoms. The van der Waals surface area contributed by atoms with E-state index in [2.05, 4.69) is 14.3 Å². The normalized spacial score (nSPS) is 24.2. The number of aromatic nitrogens is 2. The molecule has 2 aliphatic heterocycles. The molecule has 4 nitrogen and oxygen atoms in total. The topological polar surface area (TPSA) is 38.2 Å². The van der Waals surface area contributed by atoms with Gasteiger partial charge in [0, 0.05) is 18.0 Å². The van der Waals surface area contributed by atoms with Crippen molar-refractivity contribution in [3.63, 3.8) is 0 Å². The van der Waals surface area contributed by atoms with E-state index in [0.717, 1.165) is 30.7 Å². The Morgan fingerprint density at radius 3 is 2.77 bits per heavy atom. The number of hydrogen-bond acceptors (Lipinski definition) is 5. The number of aryl methyl sites for hydroxylation is 1. The van der Waals surface area contributed by atoms with Crippen molar-refractivity contribution in [2.24, 2.45) is 0 Å². The number of anilines is 1. The number of rotatable bonds is 1. The minimum absolute atomic E-state index is 0.194. The van der Waals surface area contributed by atoms with E-state index < -0.39 is 0 Å². The summed E-state index contributed by atoms with van der Waals surface area (Å²) in [5, 5.41) is 1.04. The molecule has 5 heteroatoms. The lowest BCUT2D eigenvalue weighted by atomic mass is 9.87. The van der Waals surface area contributed by atoms with Crippen LogP contribution in [-0.2, 0) is 4.74 Å². The number of hydrogen-bond donors (Lipinski definition) is 0. The molecule has 13 heavy (non-hydrogen) atoms. The van der Waals surface area contributed by atoms with E-state index in [4.69, 9.17) is 4.74 Å². The van der Waals surface area contributed by atoms with Crippen LogP contribution in [0.1, 0.15) is 12.2 Å². The molecule has 0 amide bonds. The van der Waals surface area contributed by atoms with Gasteiger partial charge in [-0.15, -0.1) is 0 Å². The van der Waals surface area contributed by atoms with Gasteiger partial charge < -0.3 is 9.64 Å². The standard InChI is InChI=1S/C8H11N3OS/c1-6-9-7(13-10-6)11-4-8(5-11)2-3-12-8/h2-5H2,1H3. The molecule has 0 unspecified atom stereocenters. The molecular weight excluding hydrogens is 186 g/mol. The van der Waals surface area contributed by atoms with Crippen molar-refractivity contribution < 1.29 is 4.74 Å². The highest BCUT2D eigenvalue weighted by molar-refractivity contribution is 7.09. The Morgan fingerprint density at radius 2 is 2.31 bits per heavy atom. The number of nitrogens with zero attached hydrogens (tertiary/aromatic N) is 3. The zero-order chi connectivity index (χ0) is 8.89. The summed E-state index contributed by atoms with van der Waals surface area (Å²) in [5.41, 5.74) is 0.194. The van der Waals surface area contributed by atoms with E-state index in [0.29, 0.717) is 0 Å². The second-order valence-corrected chi connectivity index (χ2v) is 4.49. The molecular formula is C8H11N3OS. The van der Waals surface area contributed by atoms with Crippen LogP contribution < -0.4 is 4.90 Å². The van der Waals surface area contributed by atoms with E-state index in [1.54, 1.807) is 0 Å². The van der Waals surface area contributed by atoms with Crippen molar-refractivity contribution >= 4 is 16.7 Å². The molecule has 0 aromatic carbocycles. The number of ether oxygens (including phenoxy) is 1. The van der Waals surface area contributed by atoms with Gasteiger partial charge in [0.2, 0.25) is 5.13 Å². The Morgan fingerprint density at radius 1 is 1.54 bits per heavy atom. The minimum atomic E-state index is 0.194. The monoisotopic (exact) mass is 197 g/mol. The second-order valence-electron chi connectivity index (χ2n) is 3.76. The van der Waals surface area contributed by atoms with Crippen LogP contribution in [0.15, 0.2) is 0 Å². The molecule has 2 fully saturated rings. The molecule has 2 aliphatic rings. The van der Waals surface area contributed by atoms with E-state index >= 15 is 0 Å². The molecule has 2 saturated heterocycles. The lowest BCUT2D eigenvalue weighted by Gasteiger charge is -2.54. The highest BCUT2D eigenvalue weighted by atomic mass is 32.1. The predicted octanol–water partition coefficient (Wildman–Crippen LogP) is 0.826. The molecule has 0 atom stereocenters. The smallest absolute Gasteiger partial charge is 0.205 e. The quantitative estimate of drug-likeness (QED) is 0.668. The third kappa shape index (κ3) is 1.07. The summed E-state index contributed by atoms with van der Waals surface area (Å²) in [6, 6.07) is 0. The van der Waals surface area contributed by atoms with Gasteiger partial charge in [0.25, 0.3) is 0 Å². The lowest BCUT2D eigenvalue weighted by Crippen LogP contribution is -2.68. The maximum absolute atomic E-state index is 5.53. The largest absolute Gasteiger partial charge is 0.371 e. The maximum Gasteiger partial charge on any atom is 0.205 e. The van der Waals surface area contributed by atoms with Gasteiger partial charge in [-0.05, 0) is 6.92 Å². The third-order valence-corrected chi connectivity index (χ3v) is 3.58. The third-order valence-electron chi connectivity index (χ3n) is 2.71. The molecule has 3 rings (SSSR count). The van der Waals surface area contributed by atoms with E-state index in [1.807, 2.05) is 6.92 Å². The summed E-state index contributed by atoms with van der Waals surface area (Å²) < 4.78 is 9.69. The summed E-state index contributed by atoms with van der Waals surface area (Å²) in [4.78, 5) is 6.57. The molecule has 0 radical (unpaired) electrons. The Bertz CT molecular complexity index is 326. The van der Waals surface area contributed by atoms with Crippen molar-refractivity contribution in [2.75, 3.05) is 24.6 Å². The van der Waals surface area contributed by atoms with Crippen molar-refractivity contribution in [3.05, 3.63) is 5.82 Å². The van der Waals surface area contributed by atoms with Gasteiger partial charge in [0.15, 0.2) is 0 Å². The first-order valence-electron chi connectivity index (χ1n) is 4.47. The van der Waals surface area contributed by atoms with E-state index in [9.17, 15) is 0 Å². The van der Waals surface area contributed by atoms with Gasteiger partial charge >= 0.3 is 0 Å². The Kier molecular flexibility index (Phi) is 1.43. The predicted molar refractivity (Wildman–Crippen MR) is 50.2 cm³/mol. The average molecular weight is 197 g/mol. The summed E-state index contributed by atoms with van der Waals surface area (Å²) >= 11 is 1.48. The van der Waals surface area contributed by atoms with Crippen LogP contribution >= 0.6 is 11.5 Å². The van der Waals surface area contributed by atoms with Gasteiger partial charge in [-0.25, -0.2) is 4.98 Å². The van der Waals surface area contributed by atoms with Crippen LogP contribution in [0.4, 0.5) is 5.13 Å². The first-order chi connectivity index (χ1) is 6.27. The molecule has 0 aliphatic carbocycles. The highest BCUT2D eigenvalue weighted by Gasteiger charge is 2.49. The van der Waals surface area contributed by atoms with Crippen LogP contribution in [0.2, 0.25) is 0 Å². The van der Waals surface area contributed by atoms with Crippen molar-refractivity contribution in [1.29, 1.82) is 0 Å². The molecule has 0 saturated carbocycles. The van der Waals surface area contributed by atoms with Gasteiger partial charge in [-0.1, -0.05) is 0 Å². The Labute approximate surface area is 80.7 Å². The summed E-state index contributed by atoms with van der Waals surface area (Å²) in [6.07, 6.45) is 1.21. The Hall–Kier alpha value is -0.680. The first kappa shape index (κ1) is 7.70. The zero-order valence-corrected chi connectivity index (χ0v) is 8.30. The fraction of sp³-hybridized carbons (Fsp3) is 0.750. The fourth-order valence-corrected chi connectivity index (χ4v) is 2.51. The van der Waals surface area contributed by atoms with Crippen LogP contribution in [0.3, 0.4) is 0 Å². The molecule has 1 aromatic rings. The van der Waals surface area contributed by atoms with Gasteiger partial charge in [-0.2, -0.15) is 4.37 Å². The average Bonchev–Trinajstić information content (AvgIpc) is 2.29. The Balaban J connectivity index is 1.70. The van der Waals surface area contributed by atoms with Crippen LogP contribution in [0, 0.1) is 6.92 Å². The van der Waals surface area contributed by atoms with E-state index in [-0.39, 0.29) is 5.60 Å². The van der Waals surface area contributed by atoms with Crippen molar-refractivity contribution in [2.45, 2.75) is 18.9 Å². The summed E-state index contributed by atoms with van der Waals surface area (Å²) in [5.74, 6) is 0.871. The van der Waals surface area contributed by atoms with Crippen LogP contribution in [-0.4, -0.2) is 34.7 Å². The summed E-state index contributed by atoms with van der Waals surface area (Å²) in [7, 11) is 0. The molecule has 3 heterocycles. The minimum Gasteiger partial charge on any atom is -0.371 e. The zero-order valence-electron chi connectivity index (χ0n) is 7.49. The molecule has 0 N–H and O–H groups in total. The summed E-state index contributed by atoms with van der Waals surface area (Å²) in [6.45, 7) is 4.86.